The fraction of sp³-hybridized carbons (Fsp3) is 0.125. The SMILES string of the molecule is NS(=O)(=O)c1cccc(CC(=O)[O-])c1. The highest BCUT2D eigenvalue weighted by Gasteiger charge is 2.07. The lowest BCUT2D eigenvalue weighted by Gasteiger charge is -2.04. The van der Waals surface area contributed by atoms with Crippen molar-refractivity contribution in [2.45, 2.75) is 11.3 Å². The minimum absolute atomic E-state index is 0.101. The third-order valence-electron chi connectivity index (χ3n) is 1.58. The Morgan fingerprint density at radius 2 is 2.07 bits per heavy atom. The zero-order valence-corrected chi connectivity index (χ0v) is 7.95. The molecule has 6 heteroatoms. The second-order valence-electron chi connectivity index (χ2n) is 2.74. The van der Waals surface area contributed by atoms with E-state index in [1.165, 1.54) is 24.3 Å². The molecule has 0 aliphatic rings. The number of carboxylic acids is 1. The van der Waals surface area contributed by atoms with Crippen LogP contribution >= 0.6 is 0 Å². The molecule has 0 bridgehead atoms. The van der Waals surface area contributed by atoms with Crippen molar-refractivity contribution in [3.8, 4) is 0 Å². The van der Waals surface area contributed by atoms with Gasteiger partial charge in [-0.15, -0.1) is 0 Å². The van der Waals surface area contributed by atoms with Crippen LogP contribution in [-0.4, -0.2) is 14.4 Å². The molecule has 2 N–H and O–H groups in total. The van der Waals surface area contributed by atoms with Gasteiger partial charge in [0.2, 0.25) is 10.0 Å². The minimum Gasteiger partial charge on any atom is -0.550 e. The Labute approximate surface area is 81.2 Å². The Morgan fingerprint density at radius 3 is 2.57 bits per heavy atom. The smallest absolute Gasteiger partial charge is 0.238 e. The Morgan fingerprint density at radius 1 is 1.43 bits per heavy atom. The van der Waals surface area contributed by atoms with Crippen LogP contribution in [0.15, 0.2) is 29.2 Å². The zero-order valence-electron chi connectivity index (χ0n) is 7.14. The monoisotopic (exact) mass is 214 g/mol. The molecule has 0 aliphatic heterocycles. The van der Waals surface area contributed by atoms with Gasteiger partial charge in [-0.2, -0.15) is 0 Å². The summed E-state index contributed by atoms with van der Waals surface area (Å²) in [4.78, 5) is 10.1. The molecule has 0 aromatic heterocycles. The summed E-state index contributed by atoms with van der Waals surface area (Å²) in [6.07, 6.45) is -0.330. The molecule has 1 rings (SSSR count). The highest BCUT2D eigenvalue weighted by Crippen LogP contribution is 2.09. The normalized spacial score (nSPS) is 11.2. The van der Waals surface area contributed by atoms with Gasteiger partial charge in [0.25, 0.3) is 0 Å². The van der Waals surface area contributed by atoms with E-state index in [1.54, 1.807) is 0 Å². The van der Waals surface area contributed by atoms with Crippen molar-refractivity contribution < 1.29 is 18.3 Å². The molecular formula is C8H8NO4S-. The zero-order chi connectivity index (χ0) is 10.8. The van der Waals surface area contributed by atoms with E-state index in [9.17, 15) is 18.3 Å². The summed E-state index contributed by atoms with van der Waals surface area (Å²) in [7, 11) is -3.77. The van der Waals surface area contributed by atoms with E-state index in [2.05, 4.69) is 0 Å². The Balaban J connectivity index is 3.08. The molecule has 0 heterocycles. The number of hydrogen-bond donors (Lipinski definition) is 1. The maximum atomic E-state index is 10.9. The molecule has 76 valence electrons. The van der Waals surface area contributed by atoms with Gasteiger partial charge in [0.1, 0.15) is 0 Å². The van der Waals surface area contributed by atoms with Crippen molar-refractivity contribution in [1.82, 2.24) is 0 Å². The third-order valence-corrected chi connectivity index (χ3v) is 2.49. The van der Waals surface area contributed by atoms with E-state index < -0.39 is 16.0 Å². The summed E-state index contributed by atoms with van der Waals surface area (Å²) in [5, 5.41) is 15.1. The van der Waals surface area contributed by atoms with Gasteiger partial charge < -0.3 is 9.90 Å². The maximum Gasteiger partial charge on any atom is 0.238 e. The maximum absolute atomic E-state index is 10.9. The standard InChI is InChI=1S/C8H9NO4S/c9-14(12,13)7-3-1-2-6(4-7)5-8(10)11/h1-4H,5H2,(H,10,11)(H2,9,12,13)/p-1. The molecule has 1 aromatic rings. The fourth-order valence-electron chi connectivity index (χ4n) is 0.999. The average molecular weight is 214 g/mol. The second-order valence-corrected chi connectivity index (χ2v) is 4.30. The van der Waals surface area contributed by atoms with Crippen molar-refractivity contribution in [3.63, 3.8) is 0 Å². The van der Waals surface area contributed by atoms with Gasteiger partial charge in [0, 0.05) is 12.4 Å². The quantitative estimate of drug-likeness (QED) is 0.670. The fourth-order valence-corrected chi connectivity index (χ4v) is 1.58. The Hall–Kier alpha value is -1.40. The lowest BCUT2D eigenvalue weighted by atomic mass is 10.2. The molecule has 0 aliphatic carbocycles. The van der Waals surface area contributed by atoms with Gasteiger partial charge in [0.15, 0.2) is 0 Å². The van der Waals surface area contributed by atoms with Crippen molar-refractivity contribution in [2.24, 2.45) is 5.14 Å². The van der Waals surface area contributed by atoms with Gasteiger partial charge in [-0.1, -0.05) is 12.1 Å². The molecule has 14 heavy (non-hydrogen) atoms. The lowest BCUT2D eigenvalue weighted by Crippen LogP contribution is -2.24. The molecular weight excluding hydrogens is 206 g/mol. The molecule has 0 unspecified atom stereocenters. The largest absolute Gasteiger partial charge is 0.550 e. The van der Waals surface area contributed by atoms with Crippen LogP contribution in [0.3, 0.4) is 0 Å². The Kier molecular flexibility index (Phi) is 2.87. The van der Waals surface area contributed by atoms with E-state index >= 15 is 0 Å². The predicted molar refractivity (Wildman–Crippen MR) is 46.5 cm³/mol. The average Bonchev–Trinajstić information content (AvgIpc) is 2.01. The summed E-state index contributed by atoms with van der Waals surface area (Å²) in [6.45, 7) is 0. The molecule has 1 aromatic carbocycles. The molecule has 0 atom stereocenters. The van der Waals surface area contributed by atoms with E-state index in [4.69, 9.17) is 5.14 Å². The summed E-state index contributed by atoms with van der Waals surface area (Å²) in [6, 6.07) is 5.43. The number of rotatable bonds is 3. The van der Waals surface area contributed by atoms with Gasteiger partial charge in [-0.05, 0) is 17.7 Å². The van der Waals surface area contributed by atoms with Gasteiger partial charge in [0.05, 0.1) is 4.90 Å². The first-order valence-corrected chi connectivity index (χ1v) is 5.26. The molecule has 0 fully saturated rings. The summed E-state index contributed by atoms with van der Waals surface area (Å²) in [5.41, 5.74) is 0.344. The number of nitrogens with two attached hydrogens (primary N) is 1. The summed E-state index contributed by atoms with van der Waals surface area (Å²) >= 11 is 0. The third kappa shape index (κ3) is 2.82. The van der Waals surface area contributed by atoms with Crippen LogP contribution in [0.1, 0.15) is 5.56 Å². The second kappa shape index (κ2) is 3.77. The number of aliphatic carboxylic acids is 1. The highest BCUT2D eigenvalue weighted by molar-refractivity contribution is 7.89. The molecule has 0 spiro atoms. The number of hydrogen-bond acceptors (Lipinski definition) is 4. The summed E-state index contributed by atoms with van der Waals surface area (Å²) in [5.74, 6) is -1.27. The van der Waals surface area contributed by atoms with Crippen LogP contribution in [0.4, 0.5) is 0 Å². The highest BCUT2D eigenvalue weighted by atomic mass is 32.2. The molecule has 5 nitrogen and oxygen atoms in total. The molecule has 0 amide bonds. The van der Waals surface area contributed by atoms with Crippen LogP contribution in [0, 0.1) is 0 Å². The minimum atomic E-state index is -3.77. The van der Waals surface area contributed by atoms with Crippen molar-refractivity contribution >= 4 is 16.0 Å². The van der Waals surface area contributed by atoms with Crippen LogP contribution in [0.2, 0.25) is 0 Å². The summed E-state index contributed by atoms with van der Waals surface area (Å²) < 4.78 is 21.8. The van der Waals surface area contributed by atoms with Crippen molar-refractivity contribution in [1.29, 1.82) is 0 Å². The van der Waals surface area contributed by atoms with E-state index in [0.717, 1.165) is 0 Å². The first-order chi connectivity index (χ1) is 6.39. The van der Waals surface area contributed by atoms with Gasteiger partial charge in [-0.3, -0.25) is 0 Å². The van der Waals surface area contributed by atoms with E-state index in [1.807, 2.05) is 0 Å². The number of benzene rings is 1. The van der Waals surface area contributed by atoms with Gasteiger partial charge in [-0.25, -0.2) is 13.6 Å². The van der Waals surface area contributed by atoms with Crippen LogP contribution in [0.5, 0.6) is 0 Å². The number of carbonyl (C=O) groups excluding carboxylic acids is 1. The first kappa shape index (κ1) is 10.7. The lowest BCUT2D eigenvalue weighted by molar-refractivity contribution is -0.304. The Bertz CT molecular complexity index is 452. The number of sulfonamides is 1. The predicted octanol–water partition coefficient (Wildman–Crippen LogP) is -1.37. The van der Waals surface area contributed by atoms with E-state index in [0.29, 0.717) is 5.56 Å². The van der Waals surface area contributed by atoms with Crippen LogP contribution in [-0.2, 0) is 21.2 Å². The van der Waals surface area contributed by atoms with Crippen molar-refractivity contribution in [2.75, 3.05) is 0 Å². The topological polar surface area (TPSA) is 100 Å². The molecule has 0 saturated carbocycles. The first-order valence-electron chi connectivity index (χ1n) is 3.71. The van der Waals surface area contributed by atoms with Gasteiger partial charge >= 0.3 is 0 Å². The van der Waals surface area contributed by atoms with E-state index in [-0.39, 0.29) is 11.3 Å². The number of carboxylic acid groups (broad SMARTS) is 1. The van der Waals surface area contributed by atoms with Crippen molar-refractivity contribution in [3.05, 3.63) is 29.8 Å². The molecule has 0 saturated heterocycles. The number of primary sulfonamides is 1. The number of carbonyl (C=O) groups is 1. The molecule has 0 radical (unpaired) electrons. The van der Waals surface area contributed by atoms with Crippen LogP contribution in [0.25, 0.3) is 0 Å². The van der Waals surface area contributed by atoms with Crippen LogP contribution < -0.4 is 10.2 Å².